The highest BCUT2D eigenvalue weighted by Gasteiger charge is 2.65. The first-order valence-electron chi connectivity index (χ1n) is 11.3. The molecule has 1 aromatic heterocycles. The highest BCUT2D eigenvalue weighted by Crippen LogP contribution is 2.74. The van der Waals surface area contributed by atoms with Crippen molar-refractivity contribution in [3.63, 3.8) is 0 Å². The van der Waals surface area contributed by atoms with Crippen LogP contribution < -0.4 is 0 Å². The molecule has 0 bridgehead atoms. The number of rotatable bonds is 1. The van der Waals surface area contributed by atoms with E-state index in [1.54, 1.807) is 11.1 Å². The number of pyridine rings is 1. The summed E-state index contributed by atoms with van der Waals surface area (Å²) in [5.41, 5.74) is 5.40. The summed E-state index contributed by atoms with van der Waals surface area (Å²) in [5, 5.41) is 0. The van der Waals surface area contributed by atoms with E-state index in [4.69, 9.17) is 0 Å². The predicted molar refractivity (Wildman–Crippen MR) is 111 cm³/mol. The van der Waals surface area contributed by atoms with Crippen LogP contribution in [0.4, 0.5) is 0 Å². The van der Waals surface area contributed by atoms with Gasteiger partial charge in [-0.2, -0.15) is 0 Å². The average Bonchev–Trinajstić information content (AvgIpc) is 3.37. The maximum atomic E-state index is 12.3. The van der Waals surface area contributed by atoms with Gasteiger partial charge in [0, 0.05) is 18.8 Å². The number of aromatic nitrogens is 1. The second-order valence-corrected chi connectivity index (χ2v) is 10.9. The molecule has 2 heteroatoms. The second kappa shape index (κ2) is 5.46. The van der Waals surface area contributed by atoms with Crippen molar-refractivity contribution < 1.29 is 4.79 Å². The lowest BCUT2D eigenvalue weighted by Crippen LogP contribution is -2.52. The molecule has 1 spiro atoms. The summed E-state index contributed by atoms with van der Waals surface area (Å²) in [4.78, 5) is 16.7. The minimum absolute atomic E-state index is 0.270. The third-order valence-electron chi connectivity index (χ3n) is 9.67. The number of hydrogen-bond acceptors (Lipinski definition) is 2. The lowest BCUT2D eigenvalue weighted by molar-refractivity contribution is -0.117. The molecule has 3 fully saturated rings. The van der Waals surface area contributed by atoms with Gasteiger partial charge in [-0.05, 0) is 102 Å². The van der Waals surface area contributed by atoms with Gasteiger partial charge in [0.1, 0.15) is 0 Å². The van der Waals surface area contributed by atoms with E-state index in [1.165, 1.54) is 44.1 Å². The Morgan fingerprint density at radius 2 is 1.93 bits per heavy atom. The molecule has 5 aliphatic rings. The van der Waals surface area contributed by atoms with Crippen LogP contribution in [0.3, 0.4) is 0 Å². The zero-order valence-corrected chi connectivity index (χ0v) is 17.2. The summed E-state index contributed by atoms with van der Waals surface area (Å²) >= 11 is 0. The largest absolute Gasteiger partial charge is 0.295 e. The van der Waals surface area contributed by atoms with E-state index in [9.17, 15) is 4.79 Å². The highest BCUT2D eigenvalue weighted by atomic mass is 16.1. The zero-order valence-electron chi connectivity index (χ0n) is 17.2. The summed E-state index contributed by atoms with van der Waals surface area (Å²) in [6, 6.07) is 4.33. The van der Waals surface area contributed by atoms with Gasteiger partial charge in [-0.3, -0.25) is 9.78 Å². The monoisotopic (exact) mass is 373 g/mol. The standard InChI is InChI=1S/C26H31NO/c1-24-10-8-22-19(21(24)6-5-20(24)17-4-3-13-27-16-17)15-26(11-12-26)23-14-18(28)7-9-25(22,23)2/h3-5,13-14,16,19,21-22H,6-12,15H2,1-2H3. The summed E-state index contributed by atoms with van der Waals surface area (Å²) < 4.78 is 0. The van der Waals surface area contributed by atoms with Crippen molar-refractivity contribution in [3.8, 4) is 0 Å². The summed E-state index contributed by atoms with van der Waals surface area (Å²) in [7, 11) is 0. The minimum Gasteiger partial charge on any atom is -0.295 e. The molecule has 0 radical (unpaired) electrons. The summed E-state index contributed by atoms with van der Waals surface area (Å²) in [6.07, 6.45) is 18.2. The average molecular weight is 374 g/mol. The molecule has 0 N–H and O–H groups in total. The van der Waals surface area contributed by atoms with Crippen LogP contribution in [0, 0.1) is 34.0 Å². The Morgan fingerprint density at radius 3 is 2.68 bits per heavy atom. The highest BCUT2D eigenvalue weighted by molar-refractivity contribution is 5.92. The van der Waals surface area contributed by atoms with Crippen LogP contribution in [0.5, 0.6) is 0 Å². The number of ketones is 1. The molecule has 5 unspecified atom stereocenters. The SMILES string of the molecule is CC12CCC3C(CC4(CC4)C4=CC(=O)CCC43C)C1CC=C2c1cccnc1. The molecular formula is C26H31NO. The first-order valence-corrected chi connectivity index (χ1v) is 11.3. The quantitative estimate of drug-likeness (QED) is 0.604. The first-order chi connectivity index (χ1) is 13.5. The number of allylic oxidation sites excluding steroid dienone is 4. The number of fused-ring (bicyclic) bond motifs is 6. The van der Waals surface area contributed by atoms with Crippen molar-refractivity contribution in [2.45, 2.75) is 65.2 Å². The number of nitrogens with zero attached hydrogens (tertiary/aromatic N) is 1. The molecule has 146 valence electrons. The van der Waals surface area contributed by atoms with Crippen molar-refractivity contribution >= 4 is 11.4 Å². The molecule has 0 amide bonds. The molecule has 28 heavy (non-hydrogen) atoms. The lowest BCUT2D eigenvalue weighted by atomic mass is 9.44. The van der Waals surface area contributed by atoms with Gasteiger partial charge >= 0.3 is 0 Å². The minimum atomic E-state index is 0.270. The number of hydrogen-bond donors (Lipinski definition) is 0. The van der Waals surface area contributed by atoms with Crippen LogP contribution in [0.2, 0.25) is 0 Å². The fraction of sp³-hybridized carbons (Fsp3) is 0.615. The van der Waals surface area contributed by atoms with Crippen LogP contribution in [0.25, 0.3) is 5.57 Å². The van der Waals surface area contributed by atoms with E-state index < -0.39 is 0 Å². The topological polar surface area (TPSA) is 30.0 Å². The summed E-state index contributed by atoms with van der Waals surface area (Å²) in [6.45, 7) is 5.06. The van der Waals surface area contributed by atoms with Crippen LogP contribution in [0.15, 0.2) is 42.3 Å². The zero-order chi connectivity index (χ0) is 19.1. The van der Waals surface area contributed by atoms with E-state index in [1.807, 2.05) is 6.20 Å². The molecular weight excluding hydrogens is 342 g/mol. The lowest BCUT2D eigenvalue weighted by Gasteiger charge is -2.60. The van der Waals surface area contributed by atoms with Crippen LogP contribution >= 0.6 is 0 Å². The first kappa shape index (κ1) is 17.2. The van der Waals surface area contributed by atoms with E-state index in [0.29, 0.717) is 16.6 Å². The number of carbonyl (C=O) groups is 1. The van der Waals surface area contributed by atoms with E-state index in [2.05, 4.69) is 49.3 Å². The molecule has 5 atom stereocenters. The van der Waals surface area contributed by atoms with Gasteiger partial charge in [0.25, 0.3) is 0 Å². The molecule has 6 rings (SSSR count). The normalized spacial score (nSPS) is 42.9. The Labute approximate surface area is 168 Å². The van der Waals surface area contributed by atoms with Crippen molar-refractivity contribution in [3.05, 3.63) is 47.8 Å². The Kier molecular flexibility index (Phi) is 3.35. The van der Waals surface area contributed by atoms with Gasteiger partial charge in [-0.25, -0.2) is 0 Å². The van der Waals surface area contributed by atoms with Gasteiger partial charge in [0.05, 0.1) is 0 Å². The van der Waals surface area contributed by atoms with E-state index >= 15 is 0 Å². The molecule has 1 aromatic rings. The molecule has 0 aromatic carbocycles. The van der Waals surface area contributed by atoms with Crippen LogP contribution in [-0.2, 0) is 4.79 Å². The molecule has 0 aliphatic heterocycles. The van der Waals surface area contributed by atoms with Crippen molar-refractivity contribution in [2.24, 2.45) is 34.0 Å². The van der Waals surface area contributed by atoms with Crippen molar-refractivity contribution in [1.29, 1.82) is 0 Å². The maximum absolute atomic E-state index is 12.3. The second-order valence-electron chi connectivity index (χ2n) is 10.9. The van der Waals surface area contributed by atoms with E-state index in [-0.39, 0.29) is 5.41 Å². The van der Waals surface area contributed by atoms with Gasteiger partial charge < -0.3 is 0 Å². The predicted octanol–water partition coefficient (Wildman–Crippen LogP) is 6.00. The fourth-order valence-electron chi connectivity index (χ4n) is 8.15. The van der Waals surface area contributed by atoms with Gasteiger partial charge in [-0.15, -0.1) is 0 Å². The van der Waals surface area contributed by atoms with E-state index in [0.717, 1.165) is 30.6 Å². The molecule has 1 heterocycles. The summed E-state index contributed by atoms with van der Waals surface area (Å²) in [5.74, 6) is 2.72. The van der Waals surface area contributed by atoms with Gasteiger partial charge in [0.2, 0.25) is 0 Å². The molecule has 5 aliphatic carbocycles. The molecule has 2 nitrogen and oxygen atoms in total. The van der Waals surface area contributed by atoms with Gasteiger partial charge in [0.15, 0.2) is 5.78 Å². The van der Waals surface area contributed by atoms with Crippen molar-refractivity contribution in [1.82, 2.24) is 4.98 Å². The Balaban J connectivity index is 1.40. The molecule has 3 saturated carbocycles. The van der Waals surface area contributed by atoms with Gasteiger partial charge in [-0.1, -0.05) is 31.6 Å². The third kappa shape index (κ3) is 2.10. The van der Waals surface area contributed by atoms with Crippen LogP contribution in [-0.4, -0.2) is 10.8 Å². The van der Waals surface area contributed by atoms with Crippen LogP contribution in [0.1, 0.15) is 70.8 Å². The third-order valence-corrected chi connectivity index (χ3v) is 9.67. The smallest absolute Gasteiger partial charge is 0.155 e. The van der Waals surface area contributed by atoms with Crippen molar-refractivity contribution in [2.75, 3.05) is 0 Å². The number of carbonyl (C=O) groups excluding carboxylic acids is 1. The maximum Gasteiger partial charge on any atom is 0.155 e. The Bertz CT molecular complexity index is 908. The molecule has 0 saturated heterocycles. The Hall–Kier alpha value is -1.70. The Morgan fingerprint density at radius 1 is 1.07 bits per heavy atom. The fourth-order valence-corrected chi connectivity index (χ4v) is 8.15.